The Hall–Kier alpha value is -2.32. The second-order valence-electron chi connectivity index (χ2n) is 7.16. The molecule has 0 radical (unpaired) electrons. The Morgan fingerprint density at radius 1 is 1.19 bits per heavy atom. The Kier molecular flexibility index (Phi) is 6.30. The molecule has 1 N–H and O–H groups in total. The first kappa shape index (κ1) is 18.5. The van der Waals surface area contributed by atoms with Crippen LogP contribution in [0.3, 0.4) is 0 Å². The molecule has 1 aromatic carbocycles. The predicted octanol–water partition coefficient (Wildman–Crippen LogP) is 1.77. The number of nitrogens with zero attached hydrogens (tertiary/aromatic N) is 2. The number of carbonyl (C=O) groups is 2. The first-order valence-corrected chi connectivity index (χ1v) is 9.45. The van der Waals surface area contributed by atoms with E-state index in [2.05, 4.69) is 16.1 Å². The molecule has 0 aliphatic carbocycles. The number of hydrogen-bond donors (Lipinski definition) is 1. The molecule has 3 rings (SSSR count). The second kappa shape index (κ2) is 8.86. The van der Waals surface area contributed by atoms with Gasteiger partial charge in [0.05, 0.1) is 6.54 Å². The van der Waals surface area contributed by atoms with Crippen LogP contribution in [-0.2, 0) is 22.7 Å². The van der Waals surface area contributed by atoms with Gasteiger partial charge in [0.2, 0.25) is 11.8 Å². The van der Waals surface area contributed by atoms with Crippen LogP contribution in [-0.4, -0.2) is 47.8 Å². The van der Waals surface area contributed by atoms with Crippen molar-refractivity contribution in [3.05, 3.63) is 35.4 Å². The number of piperidine rings is 1. The largest absolute Gasteiger partial charge is 0.352 e. The molecule has 2 aliphatic rings. The molecule has 2 aliphatic heterocycles. The molecular weight excluding hydrogens is 326 g/mol. The summed E-state index contributed by atoms with van der Waals surface area (Å²) in [5.74, 6) is 3.08. The third-order valence-corrected chi connectivity index (χ3v) is 5.38. The van der Waals surface area contributed by atoms with E-state index in [1.165, 1.54) is 0 Å². The average molecular weight is 353 g/mol. The van der Waals surface area contributed by atoms with E-state index in [4.69, 9.17) is 6.42 Å². The van der Waals surface area contributed by atoms with Crippen LogP contribution in [0.15, 0.2) is 24.3 Å². The van der Waals surface area contributed by atoms with Crippen molar-refractivity contribution in [3.63, 3.8) is 0 Å². The molecule has 26 heavy (non-hydrogen) atoms. The Bertz CT molecular complexity index is 687. The number of amides is 2. The van der Waals surface area contributed by atoms with Crippen molar-refractivity contribution in [2.24, 2.45) is 5.92 Å². The number of terminal acetylenes is 1. The van der Waals surface area contributed by atoms with Crippen LogP contribution in [0.1, 0.15) is 36.8 Å². The van der Waals surface area contributed by atoms with Gasteiger partial charge >= 0.3 is 0 Å². The van der Waals surface area contributed by atoms with Crippen molar-refractivity contribution in [1.82, 2.24) is 15.1 Å². The summed E-state index contributed by atoms with van der Waals surface area (Å²) in [6.45, 7) is 4.41. The molecule has 0 unspecified atom stereocenters. The summed E-state index contributed by atoms with van der Waals surface area (Å²) >= 11 is 0. The quantitative estimate of drug-likeness (QED) is 0.793. The fourth-order valence-corrected chi connectivity index (χ4v) is 3.77. The van der Waals surface area contributed by atoms with Gasteiger partial charge in [-0.1, -0.05) is 30.2 Å². The van der Waals surface area contributed by atoms with Crippen molar-refractivity contribution in [1.29, 1.82) is 0 Å². The Balaban J connectivity index is 1.52. The smallest absolute Gasteiger partial charge is 0.223 e. The SMILES string of the molecule is C#CCN1CCC(C(=O)NCc2ccccc2CN2CCCC2=O)CC1. The summed E-state index contributed by atoms with van der Waals surface area (Å²) in [6.07, 6.45) is 8.66. The summed E-state index contributed by atoms with van der Waals surface area (Å²) in [6, 6.07) is 8.05. The number of carbonyl (C=O) groups excluding carboxylic acids is 2. The molecule has 0 aromatic heterocycles. The molecular formula is C21H27N3O2. The zero-order chi connectivity index (χ0) is 18.4. The van der Waals surface area contributed by atoms with E-state index >= 15 is 0 Å². The van der Waals surface area contributed by atoms with Crippen LogP contribution in [0.25, 0.3) is 0 Å². The lowest BCUT2D eigenvalue weighted by atomic mass is 9.95. The minimum Gasteiger partial charge on any atom is -0.352 e. The molecule has 0 saturated carbocycles. The minimum absolute atomic E-state index is 0.0661. The highest BCUT2D eigenvalue weighted by Crippen LogP contribution is 2.19. The van der Waals surface area contributed by atoms with Gasteiger partial charge in [0, 0.05) is 32.0 Å². The first-order valence-electron chi connectivity index (χ1n) is 9.45. The molecule has 138 valence electrons. The van der Waals surface area contributed by atoms with Gasteiger partial charge < -0.3 is 10.2 Å². The van der Waals surface area contributed by atoms with Gasteiger partial charge in [-0.2, -0.15) is 0 Å². The van der Waals surface area contributed by atoms with E-state index in [0.717, 1.165) is 50.0 Å². The summed E-state index contributed by atoms with van der Waals surface area (Å²) < 4.78 is 0. The topological polar surface area (TPSA) is 52.7 Å². The normalized spacial score (nSPS) is 18.7. The maximum Gasteiger partial charge on any atom is 0.223 e. The highest BCUT2D eigenvalue weighted by molar-refractivity contribution is 5.79. The van der Waals surface area contributed by atoms with Crippen molar-refractivity contribution in [2.75, 3.05) is 26.2 Å². The van der Waals surface area contributed by atoms with E-state index in [1.807, 2.05) is 29.2 Å². The molecule has 0 atom stereocenters. The van der Waals surface area contributed by atoms with E-state index in [9.17, 15) is 9.59 Å². The molecule has 1 aromatic rings. The summed E-state index contributed by atoms with van der Waals surface area (Å²) in [7, 11) is 0. The van der Waals surface area contributed by atoms with Crippen LogP contribution >= 0.6 is 0 Å². The molecule has 2 heterocycles. The van der Waals surface area contributed by atoms with Crippen molar-refractivity contribution in [3.8, 4) is 12.3 Å². The Morgan fingerprint density at radius 3 is 2.58 bits per heavy atom. The minimum atomic E-state index is 0.0661. The highest BCUT2D eigenvalue weighted by atomic mass is 16.2. The fourth-order valence-electron chi connectivity index (χ4n) is 3.77. The third kappa shape index (κ3) is 4.64. The average Bonchev–Trinajstić information content (AvgIpc) is 3.06. The number of hydrogen-bond acceptors (Lipinski definition) is 3. The second-order valence-corrected chi connectivity index (χ2v) is 7.16. The van der Waals surface area contributed by atoms with Crippen LogP contribution in [0.2, 0.25) is 0 Å². The summed E-state index contributed by atoms with van der Waals surface area (Å²) in [5, 5.41) is 3.09. The standard InChI is InChI=1S/C21H27N3O2/c1-2-11-23-13-9-17(10-14-23)21(26)22-15-18-6-3-4-7-19(18)16-24-12-5-8-20(24)25/h1,3-4,6-7,17H,5,8-16H2,(H,22,26). The van der Waals surface area contributed by atoms with Crippen LogP contribution in [0.4, 0.5) is 0 Å². The number of likely N-dealkylation sites (tertiary alicyclic amines) is 2. The number of nitrogens with one attached hydrogen (secondary N) is 1. The van der Waals surface area contributed by atoms with Gasteiger partial charge in [0.1, 0.15) is 0 Å². The summed E-state index contributed by atoms with van der Waals surface area (Å²) in [5.41, 5.74) is 2.21. The summed E-state index contributed by atoms with van der Waals surface area (Å²) in [4.78, 5) is 28.5. The van der Waals surface area contributed by atoms with Crippen LogP contribution in [0.5, 0.6) is 0 Å². The van der Waals surface area contributed by atoms with Gasteiger partial charge in [0.15, 0.2) is 0 Å². The molecule has 0 bridgehead atoms. The lowest BCUT2D eigenvalue weighted by Gasteiger charge is -2.29. The number of rotatable bonds is 6. The maximum atomic E-state index is 12.5. The van der Waals surface area contributed by atoms with E-state index in [-0.39, 0.29) is 17.7 Å². The third-order valence-electron chi connectivity index (χ3n) is 5.38. The van der Waals surface area contributed by atoms with Crippen LogP contribution < -0.4 is 5.32 Å². The zero-order valence-corrected chi connectivity index (χ0v) is 15.2. The van der Waals surface area contributed by atoms with Crippen molar-refractivity contribution < 1.29 is 9.59 Å². The van der Waals surface area contributed by atoms with Gasteiger partial charge in [-0.15, -0.1) is 6.42 Å². The Morgan fingerprint density at radius 2 is 1.92 bits per heavy atom. The van der Waals surface area contributed by atoms with Crippen molar-refractivity contribution in [2.45, 2.75) is 38.8 Å². The lowest BCUT2D eigenvalue weighted by molar-refractivity contribution is -0.128. The lowest BCUT2D eigenvalue weighted by Crippen LogP contribution is -2.40. The predicted molar refractivity (Wildman–Crippen MR) is 101 cm³/mol. The maximum absolute atomic E-state index is 12.5. The molecule has 5 nitrogen and oxygen atoms in total. The van der Waals surface area contributed by atoms with E-state index in [1.54, 1.807) is 0 Å². The Labute approximate surface area is 155 Å². The fraction of sp³-hybridized carbons (Fsp3) is 0.524. The van der Waals surface area contributed by atoms with Crippen LogP contribution in [0, 0.1) is 18.3 Å². The van der Waals surface area contributed by atoms with Gasteiger partial charge in [-0.3, -0.25) is 14.5 Å². The molecule has 0 spiro atoms. The molecule has 5 heteroatoms. The monoisotopic (exact) mass is 353 g/mol. The van der Waals surface area contributed by atoms with Gasteiger partial charge in [-0.05, 0) is 43.5 Å². The molecule has 2 amide bonds. The van der Waals surface area contributed by atoms with Crippen molar-refractivity contribution >= 4 is 11.8 Å². The highest BCUT2D eigenvalue weighted by Gasteiger charge is 2.25. The molecule has 2 saturated heterocycles. The molecule has 2 fully saturated rings. The zero-order valence-electron chi connectivity index (χ0n) is 15.2. The van der Waals surface area contributed by atoms with E-state index < -0.39 is 0 Å². The van der Waals surface area contributed by atoms with Gasteiger partial charge in [0.25, 0.3) is 0 Å². The van der Waals surface area contributed by atoms with Gasteiger partial charge in [-0.25, -0.2) is 0 Å². The van der Waals surface area contributed by atoms with E-state index in [0.29, 0.717) is 26.1 Å². The first-order chi connectivity index (χ1) is 12.7. The number of benzene rings is 1.